The highest BCUT2D eigenvalue weighted by atomic mass is 16.4. The van der Waals surface area contributed by atoms with Gasteiger partial charge in [0.15, 0.2) is 34.5 Å². The van der Waals surface area contributed by atoms with Crippen molar-refractivity contribution in [1.82, 2.24) is 0 Å². The Morgan fingerprint density at radius 3 is 1.34 bits per heavy atom. The summed E-state index contributed by atoms with van der Waals surface area (Å²) in [5.74, 6) is -10.6. The highest BCUT2D eigenvalue weighted by Gasteiger charge is 2.46. The standard InChI is InChI=1S/C37H27NO9/c39-28-25(26-30(41)34(45)36(47)35(46)31(26)42)29(40)33(44)27(32(28)43)38-20-15-16-22-21-13-7-8-14-23(21)37(24(22)17-20,18-9-3-1-4-10-18)19-11-5-2-6-12-19/h1-17,38-47H. The Bertz CT molecular complexity index is 2120. The molecular weight excluding hydrogens is 602 g/mol. The van der Waals surface area contributed by atoms with Gasteiger partial charge in [0, 0.05) is 5.69 Å². The van der Waals surface area contributed by atoms with Crippen LogP contribution in [0.2, 0.25) is 0 Å². The molecule has 1 aliphatic carbocycles. The van der Waals surface area contributed by atoms with Crippen LogP contribution in [0.1, 0.15) is 22.3 Å². The van der Waals surface area contributed by atoms with Gasteiger partial charge in [0.2, 0.25) is 17.2 Å². The van der Waals surface area contributed by atoms with E-state index in [9.17, 15) is 46.0 Å². The molecule has 1 aliphatic rings. The zero-order valence-corrected chi connectivity index (χ0v) is 24.3. The lowest BCUT2D eigenvalue weighted by Gasteiger charge is -2.34. The van der Waals surface area contributed by atoms with E-state index < -0.39 is 74.0 Å². The lowest BCUT2D eigenvalue weighted by molar-refractivity contribution is 0.329. The Labute approximate surface area is 267 Å². The molecule has 0 radical (unpaired) electrons. The number of hydrogen-bond donors (Lipinski definition) is 10. The molecule has 10 heteroatoms. The summed E-state index contributed by atoms with van der Waals surface area (Å²) in [4.78, 5) is 0. The fraction of sp³-hybridized carbons (Fsp3) is 0.0270. The van der Waals surface area contributed by atoms with E-state index in [1.165, 1.54) is 0 Å². The number of fused-ring (bicyclic) bond motifs is 3. The fourth-order valence-electron chi connectivity index (χ4n) is 6.64. The molecule has 6 aromatic carbocycles. The van der Waals surface area contributed by atoms with Crippen LogP contribution in [-0.4, -0.2) is 46.0 Å². The number of phenolic OH excluding ortho intramolecular Hbond substituents is 9. The lowest BCUT2D eigenvalue weighted by Crippen LogP contribution is -2.28. The predicted molar refractivity (Wildman–Crippen MR) is 174 cm³/mol. The Morgan fingerprint density at radius 2 is 0.809 bits per heavy atom. The maximum absolute atomic E-state index is 11.1. The molecule has 6 aromatic rings. The van der Waals surface area contributed by atoms with Crippen molar-refractivity contribution in [2.45, 2.75) is 5.41 Å². The van der Waals surface area contributed by atoms with Crippen LogP contribution >= 0.6 is 0 Å². The van der Waals surface area contributed by atoms with Crippen LogP contribution in [0.5, 0.6) is 51.7 Å². The number of benzene rings is 6. The molecule has 0 heterocycles. The van der Waals surface area contributed by atoms with E-state index in [1.54, 1.807) is 6.07 Å². The average molecular weight is 630 g/mol. The van der Waals surface area contributed by atoms with Crippen LogP contribution in [0.25, 0.3) is 22.3 Å². The summed E-state index contributed by atoms with van der Waals surface area (Å²) < 4.78 is 0. The zero-order valence-electron chi connectivity index (χ0n) is 24.3. The number of anilines is 2. The van der Waals surface area contributed by atoms with Crippen LogP contribution in [0.4, 0.5) is 11.4 Å². The molecule has 0 saturated carbocycles. The molecule has 0 unspecified atom stereocenters. The van der Waals surface area contributed by atoms with Gasteiger partial charge in [-0.2, -0.15) is 0 Å². The number of aromatic hydroxyl groups is 9. The third-order valence-electron chi connectivity index (χ3n) is 8.74. The largest absolute Gasteiger partial charge is 0.504 e. The third kappa shape index (κ3) is 3.98. The van der Waals surface area contributed by atoms with Crippen molar-refractivity contribution < 1.29 is 46.0 Å². The fourth-order valence-corrected chi connectivity index (χ4v) is 6.64. The molecular formula is C37H27NO9. The minimum Gasteiger partial charge on any atom is -0.504 e. The van der Waals surface area contributed by atoms with Crippen molar-refractivity contribution in [3.63, 3.8) is 0 Å². The number of phenols is 9. The van der Waals surface area contributed by atoms with Crippen LogP contribution in [0.3, 0.4) is 0 Å². The molecule has 7 rings (SSSR count). The molecule has 0 fully saturated rings. The lowest BCUT2D eigenvalue weighted by atomic mass is 9.67. The van der Waals surface area contributed by atoms with Crippen molar-refractivity contribution in [3.05, 3.63) is 125 Å². The van der Waals surface area contributed by atoms with Crippen LogP contribution < -0.4 is 5.32 Å². The first-order valence-electron chi connectivity index (χ1n) is 14.4. The minimum atomic E-state index is -1.28. The topological polar surface area (TPSA) is 194 Å². The molecule has 10 nitrogen and oxygen atoms in total. The number of hydrogen-bond acceptors (Lipinski definition) is 10. The van der Waals surface area contributed by atoms with Gasteiger partial charge in [-0.25, -0.2) is 0 Å². The molecule has 0 spiro atoms. The number of rotatable bonds is 5. The van der Waals surface area contributed by atoms with Crippen molar-refractivity contribution in [2.75, 3.05) is 5.32 Å². The van der Waals surface area contributed by atoms with Crippen LogP contribution in [0, 0.1) is 0 Å². The summed E-state index contributed by atoms with van der Waals surface area (Å²) in [6.07, 6.45) is 0. The van der Waals surface area contributed by atoms with Gasteiger partial charge >= 0.3 is 0 Å². The molecule has 234 valence electrons. The summed E-state index contributed by atoms with van der Waals surface area (Å²) in [5, 5.41) is 97.4. The van der Waals surface area contributed by atoms with E-state index in [1.807, 2.05) is 66.7 Å². The molecule has 0 atom stereocenters. The van der Waals surface area contributed by atoms with E-state index in [4.69, 9.17) is 0 Å². The van der Waals surface area contributed by atoms with Gasteiger partial charge in [0.1, 0.15) is 5.69 Å². The zero-order chi connectivity index (χ0) is 33.2. The molecule has 0 aliphatic heterocycles. The van der Waals surface area contributed by atoms with Gasteiger partial charge in [-0.1, -0.05) is 91.0 Å². The minimum absolute atomic E-state index is 0.357. The highest BCUT2D eigenvalue weighted by Crippen LogP contribution is 2.63. The summed E-state index contributed by atoms with van der Waals surface area (Å²) in [6.45, 7) is 0. The monoisotopic (exact) mass is 629 g/mol. The second kappa shape index (κ2) is 10.5. The van der Waals surface area contributed by atoms with E-state index in [0.29, 0.717) is 5.69 Å². The second-order valence-corrected chi connectivity index (χ2v) is 11.2. The molecule has 10 N–H and O–H groups in total. The van der Waals surface area contributed by atoms with Gasteiger partial charge < -0.3 is 51.3 Å². The third-order valence-corrected chi connectivity index (χ3v) is 8.74. The first-order valence-corrected chi connectivity index (χ1v) is 14.4. The van der Waals surface area contributed by atoms with Crippen molar-refractivity contribution in [2.24, 2.45) is 0 Å². The SMILES string of the molecule is Oc1c(O)c(O)c(-c2c(O)c(O)c(Nc3ccc4c(c3)C(c3ccccc3)(c3ccccc3)c3ccccc3-4)c(O)c2O)c(O)c1O. The molecule has 0 amide bonds. The summed E-state index contributed by atoms with van der Waals surface area (Å²) in [6, 6.07) is 33.5. The van der Waals surface area contributed by atoms with Crippen LogP contribution in [0.15, 0.2) is 103 Å². The number of nitrogens with one attached hydrogen (secondary N) is 1. The van der Waals surface area contributed by atoms with Gasteiger partial charge in [-0.05, 0) is 45.5 Å². The van der Waals surface area contributed by atoms with E-state index in [0.717, 1.165) is 33.4 Å². The molecule has 47 heavy (non-hydrogen) atoms. The van der Waals surface area contributed by atoms with Crippen LogP contribution in [-0.2, 0) is 5.41 Å². The van der Waals surface area contributed by atoms with Gasteiger partial charge in [-0.3, -0.25) is 0 Å². The van der Waals surface area contributed by atoms with Crippen molar-refractivity contribution in [3.8, 4) is 74.0 Å². The molecule has 0 bridgehead atoms. The van der Waals surface area contributed by atoms with E-state index in [-0.39, 0.29) is 0 Å². The van der Waals surface area contributed by atoms with Gasteiger partial charge in [0.25, 0.3) is 0 Å². The van der Waals surface area contributed by atoms with Gasteiger partial charge in [-0.15, -0.1) is 0 Å². The average Bonchev–Trinajstić information content (AvgIpc) is 3.40. The highest BCUT2D eigenvalue weighted by molar-refractivity contribution is 5.97. The van der Waals surface area contributed by atoms with E-state index in [2.05, 4.69) is 35.6 Å². The molecule has 0 saturated heterocycles. The summed E-state index contributed by atoms with van der Waals surface area (Å²) in [7, 11) is 0. The Morgan fingerprint density at radius 1 is 0.383 bits per heavy atom. The Hall–Kier alpha value is -6.68. The maximum Gasteiger partial charge on any atom is 0.208 e. The van der Waals surface area contributed by atoms with Gasteiger partial charge in [0.05, 0.1) is 16.5 Å². The smallest absolute Gasteiger partial charge is 0.208 e. The Balaban J connectivity index is 1.42. The van der Waals surface area contributed by atoms with Crippen molar-refractivity contribution in [1.29, 1.82) is 0 Å². The Kier molecular flexibility index (Phi) is 6.46. The maximum atomic E-state index is 11.1. The quantitative estimate of drug-likeness (QED) is 0.0714. The first-order chi connectivity index (χ1) is 22.6. The predicted octanol–water partition coefficient (Wildman–Crippen LogP) is 6.81. The van der Waals surface area contributed by atoms with E-state index >= 15 is 0 Å². The summed E-state index contributed by atoms with van der Waals surface area (Å²) in [5.41, 5.74) is 3.09. The van der Waals surface area contributed by atoms with Crippen molar-refractivity contribution >= 4 is 11.4 Å². The normalized spacial score (nSPS) is 12.8. The second-order valence-electron chi connectivity index (χ2n) is 11.2. The molecule has 0 aromatic heterocycles. The first kappa shape index (κ1) is 29.1. The summed E-state index contributed by atoms with van der Waals surface area (Å²) >= 11 is 0.